The molecule has 0 bridgehead atoms. The zero-order valence-corrected chi connectivity index (χ0v) is 8.99. The Hall–Kier alpha value is -2.44. The van der Waals surface area contributed by atoms with Gasteiger partial charge in [-0.05, 0) is 12.1 Å². The molecule has 0 N–H and O–H groups in total. The topological polar surface area (TPSA) is 83.3 Å². The molecule has 7 heteroatoms. The Balaban J connectivity index is 2.53. The minimum Gasteiger partial charge on any atom is -0.464 e. The Labute approximate surface area is 95.9 Å². The van der Waals surface area contributed by atoms with Gasteiger partial charge < -0.3 is 9.47 Å². The zero-order valence-electron chi connectivity index (χ0n) is 8.99. The molecule has 2 aromatic rings. The van der Waals surface area contributed by atoms with Crippen LogP contribution in [0.25, 0.3) is 11.0 Å². The first-order chi connectivity index (χ1) is 8.27. The highest BCUT2D eigenvalue weighted by molar-refractivity contribution is 6.00. The van der Waals surface area contributed by atoms with Crippen molar-refractivity contribution in [1.82, 2.24) is 14.8 Å². The molecule has 0 radical (unpaired) electrons. The van der Waals surface area contributed by atoms with E-state index in [0.717, 1.165) is 0 Å². The molecule has 0 amide bonds. The Morgan fingerprint density at radius 1 is 1.59 bits per heavy atom. The van der Waals surface area contributed by atoms with E-state index in [9.17, 15) is 9.59 Å². The summed E-state index contributed by atoms with van der Waals surface area (Å²) in [5, 5.41) is 3.99. The highest BCUT2D eigenvalue weighted by atomic mass is 16.5. The minimum absolute atomic E-state index is 0.0807. The van der Waals surface area contributed by atoms with Crippen molar-refractivity contribution < 1.29 is 19.1 Å². The number of methoxy groups -OCH3 is 1. The van der Waals surface area contributed by atoms with E-state index in [4.69, 9.17) is 0 Å². The number of fused-ring (bicyclic) bond motifs is 1. The lowest BCUT2D eigenvalue weighted by Crippen LogP contribution is -2.07. The lowest BCUT2D eigenvalue weighted by molar-refractivity contribution is -0.132. The number of carbonyl (C=O) groups is 2. The van der Waals surface area contributed by atoms with Gasteiger partial charge in [0, 0.05) is 6.20 Å². The number of ether oxygens (including phenoxy) is 2. The van der Waals surface area contributed by atoms with Gasteiger partial charge in [-0.2, -0.15) is 5.10 Å². The van der Waals surface area contributed by atoms with Crippen LogP contribution in [0, 0.1) is 0 Å². The predicted octanol–water partition coefficient (Wildman–Crippen LogP) is 0.348. The molecular formula is C10H9N3O4. The first-order valence-electron chi connectivity index (χ1n) is 4.73. The Bertz CT molecular complexity index is 564. The molecule has 0 spiro atoms. The van der Waals surface area contributed by atoms with Crippen LogP contribution in [0.15, 0.2) is 18.3 Å². The van der Waals surface area contributed by atoms with Gasteiger partial charge >= 0.3 is 5.97 Å². The molecule has 0 aromatic carbocycles. The van der Waals surface area contributed by atoms with E-state index in [2.05, 4.69) is 19.6 Å². The van der Waals surface area contributed by atoms with Gasteiger partial charge in [0.25, 0.3) is 6.47 Å². The molecule has 0 aliphatic heterocycles. The summed E-state index contributed by atoms with van der Waals surface area (Å²) < 4.78 is 10.6. The number of carbonyl (C=O) groups excluding carboxylic acids is 2. The van der Waals surface area contributed by atoms with Gasteiger partial charge in [-0.25, -0.2) is 9.48 Å². The quantitative estimate of drug-likeness (QED) is 0.561. The number of nitrogens with zero attached hydrogens (tertiary/aromatic N) is 3. The molecule has 0 unspecified atom stereocenters. The van der Waals surface area contributed by atoms with Crippen molar-refractivity contribution in [3.05, 3.63) is 24.0 Å². The highest BCUT2D eigenvalue weighted by Gasteiger charge is 2.18. The molecule has 0 aliphatic rings. The van der Waals surface area contributed by atoms with Crippen molar-refractivity contribution in [2.75, 3.05) is 7.11 Å². The average Bonchev–Trinajstić information content (AvgIpc) is 2.74. The number of esters is 1. The fourth-order valence-corrected chi connectivity index (χ4v) is 1.44. The second-order valence-electron chi connectivity index (χ2n) is 3.10. The highest BCUT2D eigenvalue weighted by Crippen LogP contribution is 2.16. The zero-order chi connectivity index (χ0) is 12.3. The first kappa shape index (κ1) is 11.1. The van der Waals surface area contributed by atoms with Crippen molar-refractivity contribution in [2.45, 2.75) is 6.73 Å². The van der Waals surface area contributed by atoms with Gasteiger partial charge in [-0.3, -0.25) is 9.78 Å². The molecule has 0 fully saturated rings. The molecule has 0 saturated heterocycles. The lowest BCUT2D eigenvalue weighted by Gasteiger charge is -1.99. The third kappa shape index (κ3) is 1.94. The SMILES string of the molecule is COC(=O)c1nn(COC=O)c2cccnc12. The third-order valence-corrected chi connectivity index (χ3v) is 2.15. The van der Waals surface area contributed by atoms with Crippen LogP contribution in [0.4, 0.5) is 0 Å². The summed E-state index contributed by atoms with van der Waals surface area (Å²) in [7, 11) is 1.26. The van der Waals surface area contributed by atoms with Crippen LogP contribution in [0.1, 0.15) is 10.5 Å². The summed E-state index contributed by atoms with van der Waals surface area (Å²) in [6.07, 6.45) is 1.54. The van der Waals surface area contributed by atoms with Gasteiger partial charge in [0.1, 0.15) is 5.52 Å². The molecule has 2 aromatic heterocycles. The van der Waals surface area contributed by atoms with E-state index in [-0.39, 0.29) is 12.4 Å². The predicted molar refractivity (Wildman–Crippen MR) is 56.0 cm³/mol. The van der Waals surface area contributed by atoms with E-state index in [1.807, 2.05) is 0 Å². The monoisotopic (exact) mass is 235 g/mol. The Kier molecular flexibility index (Phi) is 2.99. The average molecular weight is 235 g/mol. The van der Waals surface area contributed by atoms with Crippen molar-refractivity contribution >= 4 is 23.5 Å². The molecule has 2 heterocycles. The molecule has 2 rings (SSSR count). The van der Waals surface area contributed by atoms with Crippen LogP contribution < -0.4 is 0 Å². The second kappa shape index (κ2) is 4.60. The van der Waals surface area contributed by atoms with Gasteiger partial charge in [-0.1, -0.05) is 0 Å². The molecule has 88 valence electrons. The molecule has 0 aliphatic carbocycles. The summed E-state index contributed by atoms with van der Waals surface area (Å²) in [6.45, 7) is 0.227. The van der Waals surface area contributed by atoms with Crippen LogP contribution in [0.2, 0.25) is 0 Å². The van der Waals surface area contributed by atoms with Gasteiger partial charge in [0.2, 0.25) is 0 Å². The smallest absolute Gasteiger partial charge is 0.360 e. The van der Waals surface area contributed by atoms with E-state index >= 15 is 0 Å². The van der Waals surface area contributed by atoms with Crippen molar-refractivity contribution in [1.29, 1.82) is 0 Å². The van der Waals surface area contributed by atoms with E-state index < -0.39 is 5.97 Å². The van der Waals surface area contributed by atoms with Crippen molar-refractivity contribution in [3.8, 4) is 0 Å². The molecule has 0 atom stereocenters. The fourth-order valence-electron chi connectivity index (χ4n) is 1.44. The van der Waals surface area contributed by atoms with Crippen molar-refractivity contribution in [2.24, 2.45) is 0 Å². The first-order valence-corrected chi connectivity index (χ1v) is 4.73. The molecule has 7 nitrogen and oxygen atoms in total. The molecular weight excluding hydrogens is 226 g/mol. The maximum Gasteiger partial charge on any atom is 0.360 e. The summed E-state index contributed by atoms with van der Waals surface area (Å²) in [6, 6.07) is 3.42. The van der Waals surface area contributed by atoms with Crippen LogP contribution in [-0.2, 0) is 21.0 Å². The number of hydrogen-bond acceptors (Lipinski definition) is 6. The van der Waals surface area contributed by atoms with Crippen molar-refractivity contribution in [3.63, 3.8) is 0 Å². The summed E-state index contributed by atoms with van der Waals surface area (Å²) in [4.78, 5) is 25.7. The maximum absolute atomic E-state index is 11.5. The van der Waals surface area contributed by atoms with Crippen LogP contribution in [-0.4, -0.2) is 34.3 Å². The van der Waals surface area contributed by atoms with Gasteiger partial charge in [0.05, 0.1) is 12.6 Å². The summed E-state index contributed by atoms with van der Waals surface area (Å²) >= 11 is 0. The minimum atomic E-state index is -0.585. The maximum atomic E-state index is 11.5. The number of pyridine rings is 1. The van der Waals surface area contributed by atoms with E-state index in [0.29, 0.717) is 17.5 Å². The number of hydrogen-bond donors (Lipinski definition) is 0. The summed E-state index contributed by atoms with van der Waals surface area (Å²) in [5.74, 6) is -0.585. The molecule has 17 heavy (non-hydrogen) atoms. The van der Waals surface area contributed by atoms with Gasteiger partial charge in [-0.15, -0.1) is 0 Å². The molecule has 0 saturated carbocycles. The lowest BCUT2D eigenvalue weighted by atomic mass is 10.3. The largest absolute Gasteiger partial charge is 0.464 e. The normalized spacial score (nSPS) is 10.2. The van der Waals surface area contributed by atoms with Crippen LogP contribution >= 0.6 is 0 Å². The number of aromatic nitrogens is 3. The number of rotatable bonds is 4. The van der Waals surface area contributed by atoms with Gasteiger partial charge in [0.15, 0.2) is 12.4 Å². The van der Waals surface area contributed by atoms with E-state index in [1.165, 1.54) is 11.8 Å². The third-order valence-electron chi connectivity index (χ3n) is 2.15. The van der Waals surface area contributed by atoms with E-state index in [1.54, 1.807) is 18.3 Å². The van der Waals surface area contributed by atoms with Crippen LogP contribution in [0.3, 0.4) is 0 Å². The second-order valence-corrected chi connectivity index (χ2v) is 3.10. The van der Waals surface area contributed by atoms with Crippen LogP contribution in [0.5, 0.6) is 0 Å². The summed E-state index contributed by atoms with van der Waals surface area (Å²) in [5.41, 5.74) is 1.10. The fraction of sp³-hybridized carbons (Fsp3) is 0.200. The Morgan fingerprint density at radius 2 is 2.41 bits per heavy atom. The Morgan fingerprint density at radius 3 is 3.12 bits per heavy atom. The standard InChI is InChI=1S/C10H9N3O4/c1-16-10(15)9-8-7(3-2-4-11-8)13(12-9)5-17-6-14/h2-4,6H,5H2,1H3.